The third-order valence-corrected chi connectivity index (χ3v) is 3.43. The first-order chi connectivity index (χ1) is 10.0. The minimum atomic E-state index is -0.501. The van der Waals surface area contributed by atoms with Gasteiger partial charge in [-0.2, -0.15) is 0 Å². The van der Waals surface area contributed by atoms with Gasteiger partial charge < -0.3 is 20.3 Å². The summed E-state index contributed by atoms with van der Waals surface area (Å²) in [6.07, 6.45) is 0. The van der Waals surface area contributed by atoms with Crippen molar-refractivity contribution < 1.29 is 24.5 Å². The topological polar surface area (TPSA) is 99.1 Å². The summed E-state index contributed by atoms with van der Waals surface area (Å²) < 4.78 is 5.27. The number of carbonyl (C=O) groups is 2. The van der Waals surface area contributed by atoms with Gasteiger partial charge in [-0.05, 0) is 18.2 Å². The third-order valence-electron chi connectivity index (χ3n) is 3.43. The van der Waals surface area contributed by atoms with Gasteiger partial charge in [-0.25, -0.2) is 0 Å². The number of hydrogen-bond donors (Lipinski definition) is 3. The van der Waals surface area contributed by atoms with E-state index in [-0.39, 0.29) is 41.9 Å². The zero-order valence-electron chi connectivity index (χ0n) is 11.7. The predicted octanol–water partition coefficient (Wildman–Crippen LogP) is -0.273. The molecule has 1 aliphatic heterocycles. The molecule has 114 valence electrons. The summed E-state index contributed by atoms with van der Waals surface area (Å²) in [5.41, 5.74) is 0.285. The van der Waals surface area contributed by atoms with Crippen LogP contribution in [-0.4, -0.2) is 66.2 Å². The number of amides is 1. The van der Waals surface area contributed by atoms with Gasteiger partial charge in [-0.3, -0.25) is 14.5 Å². The summed E-state index contributed by atoms with van der Waals surface area (Å²) in [5, 5.41) is 21.2. The van der Waals surface area contributed by atoms with Crippen LogP contribution in [0.2, 0.25) is 0 Å². The highest BCUT2D eigenvalue weighted by Gasteiger charge is 2.30. The predicted molar refractivity (Wildman–Crippen MR) is 74.3 cm³/mol. The van der Waals surface area contributed by atoms with Crippen LogP contribution in [0.15, 0.2) is 18.2 Å². The second-order valence-electron chi connectivity index (χ2n) is 4.80. The van der Waals surface area contributed by atoms with E-state index in [1.54, 1.807) is 4.90 Å². The van der Waals surface area contributed by atoms with E-state index in [9.17, 15) is 19.8 Å². The molecule has 1 aromatic rings. The van der Waals surface area contributed by atoms with Crippen molar-refractivity contribution in [3.05, 3.63) is 23.8 Å². The Balaban J connectivity index is 2.09. The minimum absolute atomic E-state index is 0.0473. The lowest BCUT2D eigenvalue weighted by atomic mass is 10.1. The van der Waals surface area contributed by atoms with Crippen LogP contribution in [0.1, 0.15) is 10.4 Å². The number of morpholine rings is 1. The number of nitrogens with zero attached hydrogens (tertiary/aromatic N) is 1. The summed E-state index contributed by atoms with van der Waals surface area (Å²) >= 11 is 0. The highest BCUT2D eigenvalue weighted by Crippen LogP contribution is 2.25. The van der Waals surface area contributed by atoms with E-state index in [4.69, 9.17) is 4.74 Å². The second-order valence-corrected chi connectivity index (χ2v) is 4.80. The van der Waals surface area contributed by atoms with Crippen molar-refractivity contribution >= 4 is 11.7 Å². The van der Waals surface area contributed by atoms with Crippen LogP contribution < -0.4 is 5.32 Å². The van der Waals surface area contributed by atoms with Crippen LogP contribution in [0.5, 0.6) is 11.5 Å². The number of aromatic hydroxyl groups is 2. The first kappa shape index (κ1) is 15.3. The first-order valence-corrected chi connectivity index (χ1v) is 6.61. The Morgan fingerprint density at radius 1 is 1.38 bits per heavy atom. The van der Waals surface area contributed by atoms with Gasteiger partial charge in [0.25, 0.3) is 0 Å². The summed E-state index contributed by atoms with van der Waals surface area (Å²) in [4.78, 5) is 25.7. The monoisotopic (exact) mass is 294 g/mol. The summed E-state index contributed by atoms with van der Waals surface area (Å²) in [6.45, 7) is 1.23. The fraction of sp³-hybridized carbons (Fsp3) is 0.429. The molecule has 1 aromatic carbocycles. The van der Waals surface area contributed by atoms with E-state index >= 15 is 0 Å². The van der Waals surface area contributed by atoms with Crippen LogP contribution in [0.3, 0.4) is 0 Å². The SMILES string of the molecule is CNC(=O)C1COCCN1CC(=O)c1ccc(O)c(O)c1. The van der Waals surface area contributed by atoms with Crippen molar-refractivity contribution in [2.45, 2.75) is 6.04 Å². The molecule has 0 radical (unpaired) electrons. The van der Waals surface area contributed by atoms with E-state index in [1.165, 1.54) is 25.2 Å². The summed E-state index contributed by atoms with van der Waals surface area (Å²) in [6, 6.07) is 3.41. The number of rotatable bonds is 4. The fourth-order valence-electron chi connectivity index (χ4n) is 2.21. The lowest BCUT2D eigenvalue weighted by Crippen LogP contribution is -2.54. The molecule has 1 unspecified atom stereocenters. The number of ether oxygens (including phenoxy) is 1. The standard InChI is InChI=1S/C14H18N2O5/c1-15-14(20)10-8-21-5-4-16(10)7-13(19)9-2-3-11(17)12(18)6-9/h2-3,6,10,17-18H,4-5,7-8H2,1H3,(H,15,20). The van der Waals surface area contributed by atoms with Crippen molar-refractivity contribution in [3.8, 4) is 11.5 Å². The lowest BCUT2D eigenvalue weighted by molar-refractivity contribution is -0.131. The molecule has 0 aliphatic carbocycles. The number of phenolic OH excluding ortho intramolecular Hbond substituents is 2. The van der Waals surface area contributed by atoms with Gasteiger partial charge in [0.15, 0.2) is 17.3 Å². The Hall–Kier alpha value is -2.12. The smallest absolute Gasteiger partial charge is 0.239 e. The van der Waals surface area contributed by atoms with Crippen LogP contribution in [0.25, 0.3) is 0 Å². The van der Waals surface area contributed by atoms with E-state index in [0.717, 1.165) is 0 Å². The van der Waals surface area contributed by atoms with Gasteiger partial charge in [0.1, 0.15) is 6.04 Å². The molecule has 7 heteroatoms. The number of likely N-dealkylation sites (N-methyl/N-ethyl adjacent to an activating group) is 1. The molecule has 3 N–H and O–H groups in total. The maximum Gasteiger partial charge on any atom is 0.239 e. The molecule has 21 heavy (non-hydrogen) atoms. The quantitative estimate of drug-likeness (QED) is 0.522. The summed E-state index contributed by atoms with van der Waals surface area (Å²) in [7, 11) is 1.54. The van der Waals surface area contributed by atoms with Crippen LogP contribution >= 0.6 is 0 Å². The number of hydrogen-bond acceptors (Lipinski definition) is 6. The molecule has 1 aliphatic rings. The molecule has 0 spiro atoms. The van der Waals surface area contributed by atoms with Gasteiger partial charge >= 0.3 is 0 Å². The Morgan fingerprint density at radius 3 is 2.81 bits per heavy atom. The van der Waals surface area contributed by atoms with E-state index in [1.807, 2.05) is 0 Å². The Labute approximate surface area is 122 Å². The lowest BCUT2D eigenvalue weighted by Gasteiger charge is -2.33. The van der Waals surface area contributed by atoms with Crippen LogP contribution in [0, 0.1) is 0 Å². The number of benzene rings is 1. The van der Waals surface area contributed by atoms with E-state index < -0.39 is 6.04 Å². The average Bonchev–Trinajstić information content (AvgIpc) is 2.49. The van der Waals surface area contributed by atoms with Crippen molar-refractivity contribution in [3.63, 3.8) is 0 Å². The molecule has 1 heterocycles. The maximum atomic E-state index is 12.2. The average molecular weight is 294 g/mol. The zero-order valence-corrected chi connectivity index (χ0v) is 11.7. The molecule has 1 fully saturated rings. The molecule has 0 bridgehead atoms. The van der Waals surface area contributed by atoms with Crippen molar-refractivity contribution in [2.24, 2.45) is 0 Å². The number of phenols is 2. The van der Waals surface area contributed by atoms with E-state index in [2.05, 4.69) is 5.32 Å². The molecule has 1 atom stereocenters. The largest absolute Gasteiger partial charge is 0.504 e. The second kappa shape index (κ2) is 6.55. The maximum absolute atomic E-state index is 12.2. The van der Waals surface area contributed by atoms with Crippen LogP contribution in [-0.2, 0) is 9.53 Å². The zero-order chi connectivity index (χ0) is 15.4. The molecular formula is C14H18N2O5. The molecule has 0 saturated carbocycles. The third kappa shape index (κ3) is 3.50. The molecule has 2 rings (SSSR count). The van der Waals surface area contributed by atoms with Crippen molar-refractivity contribution in [2.75, 3.05) is 33.4 Å². The molecule has 7 nitrogen and oxygen atoms in total. The first-order valence-electron chi connectivity index (χ1n) is 6.61. The summed E-state index contributed by atoms with van der Waals surface area (Å²) in [5.74, 6) is -1.05. The Kier molecular flexibility index (Phi) is 4.77. The number of ketones is 1. The Morgan fingerprint density at radius 2 is 2.14 bits per heavy atom. The number of Topliss-reactive ketones (excluding diaryl/α,β-unsaturated/α-hetero) is 1. The molecule has 1 amide bonds. The van der Waals surface area contributed by atoms with Crippen LogP contribution in [0.4, 0.5) is 0 Å². The van der Waals surface area contributed by atoms with Gasteiger partial charge in [-0.15, -0.1) is 0 Å². The van der Waals surface area contributed by atoms with Crippen molar-refractivity contribution in [1.82, 2.24) is 10.2 Å². The highest BCUT2D eigenvalue weighted by molar-refractivity contribution is 5.98. The van der Waals surface area contributed by atoms with E-state index in [0.29, 0.717) is 13.2 Å². The fourth-order valence-corrected chi connectivity index (χ4v) is 2.21. The van der Waals surface area contributed by atoms with Gasteiger partial charge in [0.05, 0.1) is 19.8 Å². The van der Waals surface area contributed by atoms with Crippen molar-refractivity contribution in [1.29, 1.82) is 0 Å². The molecule has 0 aromatic heterocycles. The van der Waals surface area contributed by atoms with Gasteiger partial charge in [0, 0.05) is 19.2 Å². The number of carbonyl (C=O) groups excluding carboxylic acids is 2. The normalized spacial score (nSPS) is 19.2. The van der Waals surface area contributed by atoms with Gasteiger partial charge in [-0.1, -0.05) is 0 Å². The van der Waals surface area contributed by atoms with Gasteiger partial charge in [0.2, 0.25) is 5.91 Å². The Bertz CT molecular complexity index is 546. The number of nitrogens with one attached hydrogen (secondary N) is 1. The minimum Gasteiger partial charge on any atom is -0.504 e. The molecular weight excluding hydrogens is 276 g/mol. The highest BCUT2D eigenvalue weighted by atomic mass is 16.5. The molecule has 1 saturated heterocycles.